The molecule has 1 amide bonds. The van der Waals surface area contributed by atoms with Crippen molar-refractivity contribution in [2.75, 3.05) is 11.1 Å². The molecule has 3 rings (SSSR count). The molecule has 0 spiro atoms. The molecule has 160 valence electrons. The molecular formula is C20H18ClFN6O3. The van der Waals surface area contributed by atoms with Crippen LogP contribution in [-0.4, -0.2) is 32.9 Å². The Balaban J connectivity index is 1.59. The molecule has 1 heterocycles. The molecule has 0 aliphatic heterocycles. The number of aromatic nitrogens is 3. The molecule has 0 saturated carbocycles. The maximum atomic E-state index is 13.0. The molecule has 4 N–H and O–H groups in total. The maximum Gasteiger partial charge on any atom is 0.328 e. The van der Waals surface area contributed by atoms with Crippen molar-refractivity contribution in [1.82, 2.24) is 20.3 Å². The topological polar surface area (TPSA) is 132 Å². The lowest BCUT2D eigenvalue weighted by Gasteiger charge is -2.14. The zero-order chi connectivity index (χ0) is 22.4. The second kappa shape index (κ2) is 9.81. The van der Waals surface area contributed by atoms with Crippen LogP contribution in [0.25, 0.3) is 0 Å². The number of nitrogen functional groups attached to an aromatic ring is 1. The number of nitrogens with two attached hydrogens (primary N) is 1. The molecule has 31 heavy (non-hydrogen) atoms. The Morgan fingerprint density at radius 3 is 2.55 bits per heavy atom. The van der Waals surface area contributed by atoms with Gasteiger partial charge in [-0.25, -0.2) is 9.18 Å². The summed E-state index contributed by atoms with van der Waals surface area (Å²) in [4.78, 5) is 36.5. The van der Waals surface area contributed by atoms with Gasteiger partial charge < -0.3 is 21.1 Å². The van der Waals surface area contributed by atoms with E-state index in [1.165, 1.54) is 31.2 Å². The smallest absolute Gasteiger partial charge is 0.328 e. The van der Waals surface area contributed by atoms with Crippen molar-refractivity contribution in [2.24, 2.45) is 0 Å². The number of hydrogen-bond acceptors (Lipinski definition) is 8. The Morgan fingerprint density at radius 2 is 1.84 bits per heavy atom. The molecule has 0 aliphatic carbocycles. The van der Waals surface area contributed by atoms with E-state index in [1.54, 1.807) is 24.3 Å². The fourth-order valence-corrected chi connectivity index (χ4v) is 2.68. The second-order valence-electron chi connectivity index (χ2n) is 6.35. The predicted octanol–water partition coefficient (Wildman–Crippen LogP) is 2.85. The number of ether oxygens (including phenoxy) is 1. The van der Waals surface area contributed by atoms with E-state index in [1.807, 2.05) is 0 Å². The van der Waals surface area contributed by atoms with Crippen LogP contribution >= 0.6 is 11.6 Å². The number of rotatable bonds is 7. The number of carbonyl (C=O) groups is 2. The summed E-state index contributed by atoms with van der Waals surface area (Å²) in [5.41, 5.74) is 6.45. The molecule has 1 atom stereocenters. The van der Waals surface area contributed by atoms with E-state index >= 15 is 0 Å². The Kier molecular flexibility index (Phi) is 6.93. The number of anilines is 3. The van der Waals surface area contributed by atoms with Crippen molar-refractivity contribution in [3.05, 3.63) is 70.8 Å². The zero-order valence-corrected chi connectivity index (χ0v) is 17.1. The van der Waals surface area contributed by atoms with Crippen LogP contribution in [0.2, 0.25) is 5.02 Å². The van der Waals surface area contributed by atoms with Crippen LogP contribution in [0.5, 0.6) is 0 Å². The molecular weight excluding hydrogens is 427 g/mol. The molecule has 0 bridgehead atoms. The van der Waals surface area contributed by atoms with Gasteiger partial charge in [0.25, 0.3) is 5.91 Å². The fourth-order valence-electron chi connectivity index (χ4n) is 2.46. The van der Waals surface area contributed by atoms with E-state index in [-0.39, 0.29) is 40.7 Å². The van der Waals surface area contributed by atoms with E-state index in [2.05, 4.69) is 25.6 Å². The summed E-state index contributed by atoms with van der Waals surface area (Å²) in [6, 6.07) is 11.1. The van der Waals surface area contributed by atoms with Gasteiger partial charge in [0.1, 0.15) is 11.9 Å². The van der Waals surface area contributed by atoms with Crippen LogP contribution in [-0.2, 0) is 16.1 Å². The number of amides is 1. The van der Waals surface area contributed by atoms with Gasteiger partial charge in [-0.1, -0.05) is 23.7 Å². The monoisotopic (exact) mass is 444 g/mol. The minimum atomic E-state index is -0.945. The third-order valence-electron chi connectivity index (χ3n) is 3.96. The molecule has 3 aromatic rings. The molecule has 0 saturated heterocycles. The Labute approximate surface area is 181 Å². The molecule has 11 heteroatoms. The summed E-state index contributed by atoms with van der Waals surface area (Å²) in [5, 5.41) is 5.63. The molecule has 1 aromatic heterocycles. The number of carbonyl (C=O) groups excluding carboxylic acids is 2. The third-order valence-corrected chi connectivity index (χ3v) is 4.29. The summed E-state index contributed by atoms with van der Waals surface area (Å²) in [5.74, 6) is -1.49. The number of hydrogen-bond donors (Lipinski definition) is 3. The quantitative estimate of drug-likeness (QED) is 0.474. The second-order valence-corrected chi connectivity index (χ2v) is 6.76. The highest BCUT2D eigenvalue weighted by atomic mass is 35.5. The number of nitrogens with zero attached hydrogens (tertiary/aromatic N) is 3. The highest BCUT2D eigenvalue weighted by Crippen LogP contribution is 2.16. The van der Waals surface area contributed by atoms with E-state index < -0.39 is 17.9 Å². The van der Waals surface area contributed by atoms with Gasteiger partial charge in [0.05, 0.1) is 10.6 Å². The number of esters is 1. The fraction of sp³-hybridized carbons (Fsp3) is 0.150. The molecule has 0 radical (unpaired) electrons. The van der Waals surface area contributed by atoms with Crippen molar-refractivity contribution in [1.29, 1.82) is 0 Å². The highest BCUT2D eigenvalue weighted by molar-refractivity contribution is 6.33. The summed E-state index contributed by atoms with van der Waals surface area (Å²) in [6.45, 7) is 1.18. The first-order valence-corrected chi connectivity index (χ1v) is 9.44. The van der Waals surface area contributed by atoms with Gasteiger partial charge in [-0.05, 0) is 43.3 Å². The number of halogens is 2. The van der Waals surface area contributed by atoms with Crippen molar-refractivity contribution in [3.8, 4) is 0 Å². The SMILES string of the molecule is C[C@H](NC(=O)c1ccccc1Cl)C(=O)OCc1nc(N)nc(Nc2ccc(F)cc2)n1. The Bertz CT molecular complexity index is 1100. The van der Waals surface area contributed by atoms with Crippen LogP contribution in [0.1, 0.15) is 23.1 Å². The highest BCUT2D eigenvalue weighted by Gasteiger charge is 2.20. The van der Waals surface area contributed by atoms with E-state index in [4.69, 9.17) is 22.1 Å². The van der Waals surface area contributed by atoms with Gasteiger partial charge >= 0.3 is 5.97 Å². The molecule has 0 unspecified atom stereocenters. The lowest BCUT2D eigenvalue weighted by molar-refractivity contribution is -0.147. The van der Waals surface area contributed by atoms with Crippen molar-refractivity contribution >= 4 is 41.1 Å². The third kappa shape index (κ3) is 6.09. The predicted molar refractivity (Wildman–Crippen MR) is 112 cm³/mol. The average molecular weight is 445 g/mol. The standard InChI is InChI=1S/C20H18ClFN6O3/c1-11(24-17(29)14-4-2-3-5-15(14)21)18(30)31-10-16-26-19(23)28-20(27-16)25-13-8-6-12(22)7-9-13/h2-9,11H,10H2,1H3,(H,24,29)(H3,23,25,26,27,28)/t11-/m0/s1. The summed E-state index contributed by atoms with van der Waals surface area (Å²) >= 11 is 5.98. The Hall–Kier alpha value is -3.79. The first kappa shape index (κ1) is 21.9. The summed E-state index contributed by atoms with van der Waals surface area (Å²) in [7, 11) is 0. The number of benzene rings is 2. The average Bonchev–Trinajstić information content (AvgIpc) is 2.73. The first-order valence-electron chi connectivity index (χ1n) is 9.07. The Morgan fingerprint density at radius 1 is 1.13 bits per heavy atom. The van der Waals surface area contributed by atoms with Crippen LogP contribution in [0.3, 0.4) is 0 Å². The van der Waals surface area contributed by atoms with Crippen LogP contribution in [0.15, 0.2) is 48.5 Å². The first-order chi connectivity index (χ1) is 14.8. The molecule has 0 fully saturated rings. The molecule has 9 nitrogen and oxygen atoms in total. The van der Waals surface area contributed by atoms with E-state index in [9.17, 15) is 14.0 Å². The lowest BCUT2D eigenvalue weighted by Crippen LogP contribution is -2.39. The van der Waals surface area contributed by atoms with Crippen LogP contribution in [0, 0.1) is 5.82 Å². The van der Waals surface area contributed by atoms with Gasteiger partial charge in [0, 0.05) is 5.69 Å². The van der Waals surface area contributed by atoms with Gasteiger partial charge in [-0.3, -0.25) is 4.79 Å². The van der Waals surface area contributed by atoms with Crippen LogP contribution in [0.4, 0.5) is 22.0 Å². The van der Waals surface area contributed by atoms with Gasteiger partial charge in [-0.15, -0.1) is 0 Å². The van der Waals surface area contributed by atoms with Crippen molar-refractivity contribution in [3.63, 3.8) is 0 Å². The van der Waals surface area contributed by atoms with Gasteiger partial charge in [0.2, 0.25) is 11.9 Å². The van der Waals surface area contributed by atoms with Crippen LogP contribution < -0.4 is 16.4 Å². The molecule has 2 aromatic carbocycles. The van der Waals surface area contributed by atoms with E-state index in [0.717, 1.165) is 0 Å². The molecule has 0 aliphatic rings. The minimum absolute atomic E-state index is 0.0919. The largest absolute Gasteiger partial charge is 0.456 e. The number of nitrogens with one attached hydrogen (secondary N) is 2. The summed E-state index contributed by atoms with van der Waals surface area (Å²) in [6.07, 6.45) is 0. The minimum Gasteiger partial charge on any atom is -0.456 e. The zero-order valence-electron chi connectivity index (χ0n) is 16.3. The lowest BCUT2D eigenvalue weighted by atomic mass is 10.2. The van der Waals surface area contributed by atoms with Gasteiger partial charge in [-0.2, -0.15) is 15.0 Å². The normalized spacial score (nSPS) is 11.5. The van der Waals surface area contributed by atoms with E-state index in [0.29, 0.717) is 5.69 Å². The summed E-state index contributed by atoms with van der Waals surface area (Å²) < 4.78 is 18.2. The van der Waals surface area contributed by atoms with Crippen molar-refractivity contribution < 1.29 is 18.7 Å². The van der Waals surface area contributed by atoms with Gasteiger partial charge in [0.15, 0.2) is 12.4 Å². The maximum absolute atomic E-state index is 13.0. The van der Waals surface area contributed by atoms with Crippen molar-refractivity contribution in [2.45, 2.75) is 19.6 Å².